The van der Waals surface area contributed by atoms with Gasteiger partial charge in [-0.05, 0) is 36.8 Å². The Bertz CT molecular complexity index is 1270. The Labute approximate surface area is 204 Å². The molecule has 0 aliphatic carbocycles. The maximum Gasteiger partial charge on any atom is 0.318 e. The van der Waals surface area contributed by atoms with E-state index in [4.69, 9.17) is 9.47 Å². The van der Waals surface area contributed by atoms with Gasteiger partial charge in [0.1, 0.15) is 13.2 Å². The van der Waals surface area contributed by atoms with Crippen LogP contribution in [0.3, 0.4) is 0 Å². The molecule has 8 heteroatoms. The lowest BCUT2D eigenvalue weighted by Crippen LogP contribution is -2.50. The zero-order chi connectivity index (χ0) is 23.9. The van der Waals surface area contributed by atoms with Crippen molar-refractivity contribution in [1.29, 1.82) is 0 Å². The molecular weight excluding hydrogens is 444 g/mol. The van der Waals surface area contributed by atoms with E-state index in [1.54, 1.807) is 4.90 Å². The van der Waals surface area contributed by atoms with Crippen molar-refractivity contribution in [3.8, 4) is 11.5 Å². The molecule has 3 aliphatic rings. The van der Waals surface area contributed by atoms with Gasteiger partial charge in [-0.1, -0.05) is 29.8 Å². The van der Waals surface area contributed by atoms with Crippen LogP contribution < -0.4 is 19.7 Å². The van der Waals surface area contributed by atoms with E-state index < -0.39 is 0 Å². The van der Waals surface area contributed by atoms with Crippen molar-refractivity contribution in [2.45, 2.75) is 32.0 Å². The first-order chi connectivity index (χ1) is 17.1. The van der Waals surface area contributed by atoms with Crippen LogP contribution in [0.15, 0.2) is 60.8 Å². The summed E-state index contributed by atoms with van der Waals surface area (Å²) in [6.45, 7) is 4.83. The fourth-order valence-corrected chi connectivity index (χ4v) is 5.21. The number of amides is 3. The van der Waals surface area contributed by atoms with Crippen LogP contribution in [-0.4, -0.2) is 53.8 Å². The summed E-state index contributed by atoms with van der Waals surface area (Å²) in [5.41, 5.74) is 4.10. The van der Waals surface area contributed by atoms with E-state index >= 15 is 0 Å². The van der Waals surface area contributed by atoms with E-state index in [1.807, 2.05) is 29.2 Å². The fraction of sp³-hybridized carbons (Fsp3) is 0.333. The second kappa shape index (κ2) is 8.69. The van der Waals surface area contributed by atoms with Crippen molar-refractivity contribution in [3.63, 3.8) is 0 Å². The molecule has 3 amide bonds. The second-order valence-corrected chi connectivity index (χ2v) is 9.32. The van der Waals surface area contributed by atoms with Gasteiger partial charge < -0.3 is 29.2 Å². The first-order valence-corrected chi connectivity index (χ1v) is 12.1. The highest BCUT2D eigenvalue weighted by Gasteiger charge is 2.36. The van der Waals surface area contributed by atoms with E-state index in [2.05, 4.69) is 53.3 Å². The van der Waals surface area contributed by atoms with Gasteiger partial charge in [-0.25, -0.2) is 4.79 Å². The fourth-order valence-electron chi connectivity index (χ4n) is 5.21. The molecule has 2 atom stereocenters. The molecule has 0 bridgehead atoms. The second-order valence-electron chi connectivity index (χ2n) is 9.32. The third-order valence-corrected chi connectivity index (χ3v) is 6.98. The third-order valence-electron chi connectivity index (χ3n) is 6.98. The normalized spacial score (nSPS) is 21.1. The van der Waals surface area contributed by atoms with Crippen molar-refractivity contribution >= 4 is 17.6 Å². The molecule has 0 spiro atoms. The van der Waals surface area contributed by atoms with Crippen LogP contribution >= 0.6 is 0 Å². The molecule has 0 saturated carbocycles. The maximum absolute atomic E-state index is 13.5. The average Bonchev–Trinajstić information content (AvgIpc) is 3.50. The number of hydrogen-bond donors (Lipinski definition) is 1. The summed E-state index contributed by atoms with van der Waals surface area (Å²) in [5.74, 6) is 1.31. The van der Waals surface area contributed by atoms with Gasteiger partial charge in [0, 0.05) is 49.7 Å². The number of ether oxygens (including phenoxy) is 2. The molecule has 0 radical (unpaired) electrons. The molecule has 1 saturated heterocycles. The highest BCUT2D eigenvalue weighted by molar-refractivity contribution is 5.97. The van der Waals surface area contributed by atoms with Gasteiger partial charge in [0.15, 0.2) is 11.5 Å². The third kappa shape index (κ3) is 3.99. The van der Waals surface area contributed by atoms with Crippen LogP contribution in [0.2, 0.25) is 0 Å². The van der Waals surface area contributed by atoms with E-state index in [9.17, 15) is 9.59 Å². The number of aryl methyl sites for hydroxylation is 1. The molecule has 6 rings (SSSR count). The molecule has 4 heterocycles. The molecule has 3 aliphatic heterocycles. The average molecular weight is 473 g/mol. The Morgan fingerprint density at radius 1 is 1.00 bits per heavy atom. The molecule has 2 aromatic carbocycles. The lowest BCUT2D eigenvalue weighted by atomic mass is 9.99. The smallest absolute Gasteiger partial charge is 0.318 e. The number of aromatic nitrogens is 1. The van der Waals surface area contributed by atoms with Crippen molar-refractivity contribution in [2.75, 3.05) is 31.2 Å². The van der Waals surface area contributed by atoms with Gasteiger partial charge >= 0.3 is 6.03 Å². The number of anilines is 1. The summed E-state index contributed by atoms with van der Waals surface area (Å²) in [6, 6.07) is 17.4. The quantitative estimate of drug-likeness (QED) is 0.633. The number of benzene rings is 2. The summed E-state index contributed by atoms with van der Waals surface area (Å²) in [7, 11) is 0. The monoisotopic (exact) mass is 472 g/mol. The number of carbonyl (C=O) groups is 2. The number of carbonyl (C=O) groups excluding carboxylic acids is 2. The van der Waals surface area contributed by atoms with Gasteiger partial charge in [0.2, 0.25) is 5.91 Å². The summed E-state index contributed by atoms with van der Waals surface area (Å²) >= 11 is 0. The molecule has 180 valence electrons. The van der Waals surface area contributed by atoms with E-state index in [0.29, 0.717) is 37.8 Å². The van der Waals surface area contributed by atoms with Crippen molar-refractivity contribution in [2.24, 2.45) is 0 Å². The molecule has 1 fully saturated rings. The van der Waals surface area contributed by atoms with Gasteiger partial charge in [-0.15, -0.1) is 0 Å². The Balaban J connectivity index is 1.20. The van der Waals surface area contributed by atoms with Gasteiger partial charge in [0.05, 0.1) is 12.1 Å². The van der Waals surface area contributed by atoms with Crippen LogP contribution in [-0.2, 0) is 11.3 Å². The van der Waals surface area contributed by atoms with Crippen LogP contribution in [0.4, 0.5) is 10.5 Å². The van der Waals surface area contributed by atoms with E-state index in [-0.39, 0.29) is 30.4 Å². The predicted octanol–water partition coefficient (Wildman–Crippen LogP) is 3.49. The predicted molar refractivity (Wildman–Crippen MR) is 131 cm³/mol. The molecule has 35 heavy (non-hydrogen) atoms. The number of nitrogens with one attached hydrogen (secondary N) is 1. The molecule has 8 nitrogen and oxygen atoms in total. The molecule has 2 unspecified atom stereocenters. The summed E-state index contributed by atoms with van der Waals surface area (Å²) in [4.78, 5) is 30.0. The van der Waals surface area contributed by atoms with Crippen molar-refractivity contribution < 1.29 is 19.1 Å². The van der Waals surface area contributed by atoms with Gasteiger partial charge in [0.25, 0.3) is 0 Å². The molecule has 3 aromatic rings. The number of fused-ring (bicyclic) bond motifs is 2. The van der Waals surface area contributed by atoms with Gasteiger partial charge in [-0.3, -0.25) is 4.79 Å². The molecule has 1 N–H and O–H groups in total. The summed E-state index contributed by atoms with van der Waals surface area (Å²) in [5, 5.41) is 3.13. The molecule has 1 aromatic heterocycles. The lowest BCUT2D eigenvalue weighted by Gasteiger charge is -2.38. The zero-order valence-electron chi connectivity index (χ0n) is 19.6. The van der Waals surface area contributed by atoms with E-state index in [0.717, 1.165) is 23.5 Å². The number of rotatable bonds is 3. The summed E-state index contributed by atoms with van der Waals surface area (Å²) in [6.07, 6.45) is 2.33. The zero-order valence-corrected chi connectivity index (χ0v) is 19.6. The molecular formula is C27H28N4O4. The van der Waals surface area contributed by atoms with Crippen LogP contribution in [0.25, 0.3) is 0 Å². The minimum absolute atomic E-state index is 0.0189. The van der Waals surface area contributed by atoms with Crippen molar-refractivity contribution in [1.82, 2.24) is 14.8 Å². The Hall–Kier alpha value is -3.94. The highest BCUT2D eigenvalue weighted by Crippen LogP contribution is 2.36. The Morgan fingerprint density at radius 3 is 2.63 bits per heavy atom. The lowest BCUT2D eigenvalue weighted by molar-refractivity contribution is -0.117. The van der Waals surface area contributed by atoms with E-state index in [1.165, 1.54) is 5.56 Å². The SMILES string of the molecule is Cc1ccc(C2c3cccn3CCN2C(=O)NC2CC(=O)N(c3ccc4c(c3)OCCO4)C2)cc1. The first-order valence-electron chi connectivity index (χ1n) is 12.1. The van der Waals surface area contributed by atoms with Crippen LogP contribution in [0.5, 0.6) is 11.5 Å². The topological polar surface area (TPSA) is 76.0 Å². The Morgan fingerprint density at radius 2 is 1.80 bits per heavy atom. The van der Waals surface area contributed by atoms with Crippen molar-refractivity contribution in [3.05, 3.63) is 77.6 Å². The Kier molecular flexibility index (Phi) is 5.36. The largest absolute Gasteiger partial charge is 0.486 e. The minimum Gasteiger partial charge on any atom is -0.486 e. The number of hydrogen-bond acceptors (Lipinski definition) is 4. The number of nitrogens with zero attached hydrogens (tertiary/aromatic N) is 3. The van der Waals surface area contributed by atoms with Crippen LogP contribution in [0.1, 0.15) is 29.3 Å². The number of urea groups is 1. The van der Waals surface area contributed by atoms with Gasteiger partial charge in [-0.2, -0.15) is 0 Å². The standard InChI is InChI=1S/C27H28N4O4/c1-18-4-6-19(7-5-18)26-22-3-2-10-29(22)11-12-30(26)27(33)28-20-15-25(32)31(17-20)21-8-9-23-24(16-21)35-14-13-34-23/h2-10,16,20,26H,11-15,17H2,1H3,(H,28,33). The maximum atomic E-state index is 13.5. The summed E-state index contributed by atoms with van der Waals surface area (Å²) < 4.78 is 13.5. The first kappa shape index (κ1) is 21.6. The van der Waals surface area contributed by atoms with Crippen LogP contribution in [0, 0.1) is 6.92 Å². The minimum atomic E-state index is -0.268. The highest BCUT2D eigenvalue weighted by atomic mass is 16.6.